The van der Waals surface area contributed by atoms with E-state index in [2.05, 4.69) is 41.5 Å². The minimum Gasteiger partial charge on any atom is -0.390 e. The van der Waals surface area contributed by atoms with Crippen molar-refractivity contribution in [3.05, 3.63) is 0 Å². The Morgan fingerprint density at radius 3 is 2.31 bits per heavy atom. The zero-order valence-corrected chi connectivity index (χ0v) is 21.1. The lowest BCUT2D eigenvalue weighted by molar-refractivity contribution is -0.154. The number of carbonyl (C=O) groups excluding carboxylic acids is 1. The lowest BCUT2D eigenvalue weighted by Gasteiger charge is -2.59. The Balaban J connectivity index is 1.36. The van der Waals surface area contributed by atoms with Crippen molar-refractivity contribution in [3.8, 4) is 0 Å². The maximum absolute atomic E-state index is 13.4. The minimum absolute atomic E-state index is 0.0793. The summed E-state index contributed by atoms with van der Waals surface area (Å²) in [5.41, 5.74) is 0.282. The van der Waals surface area contributed by atoms with Gasteiger partial charge in [-0.1, -0.05) is 41.5 Å². The van der Waals surface area contributed by atoms with E-state index in [4.69, 9.17) is 4.74 Å². The molecule has 4 nitrogen and oxygen atoms in total. The van der Waals surface area contributed by atoms with Crippen LogP contribution in [0.4, 0.5) is 0 Å². The summed E-state index contributed by atoms with van der Waals surface area (Å²) in [6.07, 6.45) is 6.92. The maximum atomic E-state index is 13.4. The van der Waals surface area contributed by atoms with Gasteiger partial charge in [0.15, 0.2) is 0 Å². The molecule has 0 bridgehead atoms. The summed E-state index contributed by atoms with van der Waals surface area (Å²) in [5, 5.41) is 22.0. The zero-order chi connectivity index (χ0) is 23.2. The van der Waals surface area contributed by atoms with Crippen LogP contribution in [0.1, 0.15) is 86.5 Å². The highest BCUT2D eigenvalue weighted by Gasteiger charge is 2.66. The van der Waals surface area contributed by atoms with Crippen molar-refractivity contribution < 1.29 is 19.7 Å². The first-order chi connectivity index (χ1) is 15.0. The van der Waals surface area contributed by atoms with Gasteiger partial charge < -0.3 is 14.9 Å². The van der Waals surface area contributed by atoms with Crippen LogP contribution in [-0.4, -0.2) is 40.4 Å². The van der Waals surface area contributed by atoms with Crippen molar-refractivity contribution in [1.29, 1.82) is 0 Å². The standard InChI is InChI=1S/C28H46O4/c1-14(2)15(3)25(30)26(31)16(4)18-7-8-19-17-11-22(29)21-12-23-24(32-23)13-28(21,6)20(17)9-10-27(18,19)5/h14-21,23-26,30-31H,7-13H2,1-6H3/t15-,16-,17-,18+,19-,20-,21+,23-,24+,25+,26+,27+,28+/m0/s1. The Morgan fingerprint density at radius 2 is 1.62 bits per heavy atom. The fourth-order valence-corrected chi connectivity index (χ4v) is 9.48. The Hall–Kier alpha value is -0.450. The molecular weight excluding hydrogens is 400 g/mol. The molecule has 5 fully saturated rings. The molecule has 32 heavy (non-hydrogen) atoms. The first-order valence-corrected chi connectivity index (χ1v) is 13.5. The molecule has 13 atom stereocenters. The molecule has 0 amide bonds. The highest BCUT2D eigenvalue weighted by molar-refractivity contribution is 5.83. The molecule has 2 N–H and O–H groups in total. The quantitative estimate of drug-likeness (QED) is 0.592. The van der Waals surface area contributed by atoms with Crippen LogP contribution in [-0.2, 0) is 9.53 Å². The van der Waals surface area contributed by atoms with E-state index in [0.717, 1.165) is 25.7 Å². The van der Waals surface area contributed by atoms with Crippen LogP contribution in [0.25, 0.3) is 0 Å². The molecule has 1 aliphatic heterocycles. The van der Waals surface area contributed by atoms with Gasteiger partial charge in [-0.15, -0.1) is 0 Å². The number of hydrogen-bond acceptors (Lipinski definition) is 4. The van der Waals surface area contributed by atoms with Gasteiger partial charge in [-0.3, -0.25) is 4.79 Å². The Kier molecular flexibility index (Phi) is 5.67. The molecule has 4 saturated carbocycles. The number of aliphatic hydroxyl groups is 2. The average molecular weight is 447 g/mol. The van der Waals surface area contributed by atoms with Gasteiger partial charge in [0, 0.05) is 12.3 Å². The molecule has 4 heteroatoms. The third-order valence-corrected chi connectivity index (χ3v) is 11.9. The summed E-state index contributed by atoms with van der Waals surface area (Å²) < 4.78 is 5.90. The molecule has 5 rings (SSSR count). The van der Waals surface area contributed by atoms with Crippen molar-refractivity contribution >= 4 is 5.78 Å². The highest BCUT2D eigenvalue weighted by atomic mass is 16.6. The summed E-state index contributed by atoms with van der Waals surface area (Å²) in [7, 11) is 0. The number of ketones is 1. The van der Waals surface area contributed by atoms with E-state index < -0.39 is 12.2 Å². The van der Waals surface area contributed by atoms with Gasteiger partial charge in [-0.05, 0) is 90.8 Å². The number of Topliss-reactive ketones (excluding diaryl/α,β-unsaturated/α-hetero) is 1. The number of fused-ring (bicyclic) bond motifs is 6. The fourth-order valence-electron chi connectivity index (χ4n) is 9.48. The smallest absolute Gasteiger partial charge is 0.136 e. The summed E-state index contributed by atoms with van der Waals surface area (Å²) in [5.74, 6) is 3.34. The Bertz CT molecular complexity index is 750. The third kappa shape index (κ3) is 3.29. The summed E-state index contributed by atoms with van der Waals surface area (Å²) in [6, 6.07) is 0. The molecule has 0 aromatic rings. The van der Waals surface area contributed by atoms with Crippen LogP contribution in [0, 0.1) is 58.2 Å². The average Bonchev–Trinajstić information content (AvgIpc) is 3.39. The van der Waals surface area contributed by atoms with E-state index in [1.54, 1.807) is 0 Å². The van der Waals surface area contributed by atoms with E-state index in [1.807, 2.05) is 0 Å². The van der Waals surface area contributed by atoms with Crippen molar-refractivity contribution in [2.24, 2.45) is 58.2 Å². The van der Waals surface area contributed by atoms with Gasteiger partial charge in [0.2, 0.25) is 0 Å². The molecule has 0 aromatic heterocycles. The molecule has 1 heterocycles. The van der Waals surface area contributed by atoms with Gasteiger partial charge >= 0.3 is 0 Å². The predicted octanol–water partition coefficient (Wildman–Crippen LogP) is 4.85. The molecule has 0 spiro atoms. The Morgan fingerprint density at radius 1 is 0.938 bits per heavy atom. The van der Waals surface area contributed by atoms with Gasteiger partial charge in [-0.2, -0.15) is 0 Å². The number of aliphatic hydroxyl groups excluding tert-OH is 2. The number of rotatable bonds is 5. The summed E-state index contributed by atoms with van der Waals surface area (Å²) >= 11 is 0. The number of ether oxygens (including phenoxy) is 1. The third-order valence-electron chi connectivity index (χ3n) is 11.9. The van der Waals surface area contributed by atoms with Gasteiger partial charge in [0.05, 0.1) is 24.4 Å². The van der Waals surface area contributed by atoms with Gasteiger partial charge in [-0.25, -0.2) is 0 Å². The van der Waals surface area contributed by atoms with E-state index in [-0.39, 0.29) is 28.6 Å². The predicted molar refractivity (Wildman–Crippen MR) is 125 cm³/mol. The van der Waals surface area contributed by atoms with Gasteiger partial charge in [0.25, 0.3) is 0 Å². The second-order valence-corrected chi connectivity index (χ2v) is 13.4. The van der Waals surface area contributed by atoms with E-state index >= 15 is 0 Å². The molecular formula is C28H46O4. The van der Waals surface area contributed by atoms with E-state index in [1.165, 1.54) is 19.3 Å². The Labute approximate surface area is 194 Å². The molecule has 1 saturated heterocycles. The van der Waals surface area contributed by atoms with Crippen LogP contribution in [0.3, 0.4) is 0 Å². The highest BCUT2D eigenvalue weighted by Crippen LogP contribution is 2.69. The zero-order valence-electron chi connectivity index (χ0n) is 21.1. The molecule has 182 valence electrons. The number of hydrogen-bond donors (Lipinski definition) is 2. The van der Waals surface area contributed by atoms with Crippen LogP contribution in [0.15, 0.2) is 0 Å². The topological polar surface area (TPSA) is 70.1 Å². The second kappa shape index (κ2) is 7.78. The van der Waals surface area contributed by atoms with Crippen molar-refractivity contribution in [3.63, 3.8) is 0 Å². The largest absolute Gasteiger partial charge is 0.390 e. The molecule has 5 aliphatic rings. The van der Waals surface area contributed by atoms with E-state index in [9.17, 15) is 15.0 Å². The molecule has 0 unspecified atom stereocenters. The first-order valence-electron chi connectivity index (χ1n) is 13.5. The van der Waals surface area contributed by atoms with Crippen LogP contribution in [0.5, 0.6) is 0 Å². The minimum atomic E-state index is -0.678. The summed E-state index contributed by atoms with van der Waals surface area (Å²) in [4.78, 5) is 13.4. The first kappa shape index (κ1) is 23.3. The monoisotopic (exact) mass is 446 g/mol. The molecule has 0 aromatic carbocycles. The molecule has 0 radical (unpaired) electrons. The normalized spacial score (nSPS) is 51.2. The lowest BCUT2D eigenvalue weighted by atomic mass is 9.44. The number of epoxide rings is 1. The van der Waals surface area contributed by atoms with Crippen LogP contribution < -0.4 is 0 Å². The van der Waals surface area contributed by atoms with Crippen LogP contribution in [0.2, 0.25) is 0 Å². The molecule has 4 aliphatic carbocycles. The van der Waals surface area contributed by atoms with Crippen molar-refractivity contribution in [2.45, 2.75) is 111 Å². The number of carbonyl (C=O) groups is 1. The van der Waals surface area contributed by atoms with Crippen molar-refractivity contribution in [1.82, 2.24) is 0 Å². The lowest BCUT2D eigenvalue weighted by Crippen LogP contribution is -2.57. The van der Waals surface area contributed by atoms with E-state index in [0.29, 0.717) is 47.6 Å². The van der Waals surface area contributed by atoms with Gasteiger partial charge in [0.1, 0.15) is 5.78 Å². The SMILES string of the molecule is CC(C)[C@H](C)[C@@H](O)[C@H](O)[C@@H](C)[C@H]1CC[C@H]2[C@@H]3CC(=O)[C@H]4C[C@@H]5O[C@@H]5C[C@]4(C)[C@H]3CC[C@]12C. The fraction of sp³-hybridized carbons (Fsp3) is 0.964. The maximum Gasteiger partial charge on any atom is 0.136 e. The van der Waals surface area contributed by atoms with Crippen molar-refractivity contribution in [2.75, 3.05) is 0 Å². The summed E-state index contributed by atoms with van der Waals surface area (Å²) in [6.45, 7) is 13.3. The van der Waals surface area contributed by atoms with Crippen LogP contribution >= 0.6 is 0 Å². The second-order valence-electron chi connectivity index (χ2n) is 13.4.